The number of carboxylic acids is 1. The number of nitrogens with zero attached hydrogens (tertiary/aromatic N) is 1. The largest absolute Gasteiger partial charge is 0.477 e. The van der Waals surface area contributed by atoms with Gasteiger partial charge in [-0.15, -0.1) is 11.3 Å². The number of aromatic carboxylic acids is 1. The van der Waals surface area contributed by atoms with Crippen molar-refractivity contribution in [1.29, 1.82) is 0 Å². The Bertz CT molecular complexity index is 732. The van der Waals surface area contributed by atoms with E-state index in [1.54, 1.807) is 13.8 Å². The number of aromatic nitrogens is 1. The highest BCUT2D eigenvalue weighted by Gasteiger charge is 2.23. The number of hydrogen-bond acceptors (Lipinski definition) is 6. The summed E-state index contributed by atoms with van der Waals surface area (Å²) in [5, 5.41) is 10.1. The van der Waals surface area contributed by atoms with Gasteiger partial charge >= 0.3 is 5.97 Å². The van der Waals surface area contributed by atoms with Gasteiger partial charge in [0.1, 0.15) is 10.6 Å². The van der Waals surface area contributed by atoms with E-state index < -0.39 is 22.0 Å². The van der Waals surface area contributed by atoms with Gasteiger partial charge in [-0.05, 0) is 19.9 Å². The van der Waals surface area contributed by atoms with Gasteiger partial charge < -0.3 is 9.52 Å². The molecule has 0 spiro atoms. The van der Waals surface area contributed by atoms with E-state index in [-0.39, 0.29) is 15.7 Å². The predicted octanol–water partition coefficient (Wildman–Crippen LogP) is 1.78. The first kappa shape index (κ1) is 14.7. The smallest absolute Gasteiger partial charge is 0.345 e. The van der Waals surface area contributed by atoms with Crippen molar-refractivity contribution in [3.8, 4) is 0 Å². The molecule has 1 atom stereocenters. The lowest BCUT2D eigenvalue weighted by atomic mass is 10.4. The third-order valence-electron chi connectivity index (χ3n) is 2.44. The maximum Gasteiger partial charge on any atom is 0.345 e. The number of carbonyl (C=O) groups is 1. The molecule has 2 aromatic heterocycles. The molecule has 1 unspecified atom stereocenters. The fourth-order valence-corrected chi connectivity index (χ4v) is 3.80. The number of hydrogen-bond donors (Lipinski definition) is 2. The topological polar surface area (TPSA) is 110 Å². The lowest BCUT2D eigenvalue weighted by Crippen LogP contribution is -2.26. The Morgan fingerprint density at radius 1 is 1.55 bits per heavy atom. The Kier molecular flexibility index (Phi) is 3.93. The highest BCUT2D eigenvalue weighted by atomic mass is 32.2. The molecule has 2 rings (SSSR count). The molecule has 0 aromatic carbocycles. The second-order valence-corrected chi connectivity index (χ2v) is 6.73. The molecule has 0 aliphatic heterocycles. The van der Waals surface area contributed by atoms with Gasteiger partial charge in [0.2, 0.25) is 15.9 Å². The van der Waals surface area contributed by atoms with Gasteiger partial charge in [-0.3, -0.25) is 0 Å². The maximum atomic E-state index is 12.1. The SMILES string of the molecule is Cc1cnc(C(C)NS(=O)(=O)c2csc(C(=O)O)c2)o1. The first-order valence-corrected chi connectivity index (χ1v) is 7.92. The Hall–Kier alpha value is -1.71. The summed E-state index contributed by atoms with van der Waals surface area (Å²) < 4.78 is 31.8. The number of aryl methyl sites for hydroxylation is 1. The summed E-state index contributed by atoms with van der Waals surface area (Å²) in [5.74, 6) is -0.331. The number of thiophene rings is 1. The van der Waals surface area contributed by atoms with Crippen LogP contribution < -0.4 is 4.72 Å². The van der Waals surface area contributed by atoms with Gasteiger partial charge in [0.25, 0.3) is 0 Å². The second kappa shape index (κ2) is 5.35. The number of nitrogens with one attached hydrogen (secondary N) is 1. The van der Waals surface area contributed by atoms with Crippen LogP contribution in [-0.2, 0) is 10.0 Å². The van der Waals surface area contributed by atoms with Crippen LogP contribution in [0.2, 0.25) is 0 Å². The van der Waals surface area contributed by atoms with Crippen molar-refractivity contribution in [2.75, 3.05) is 0 Å². The van der Waals surface area contributed by atoms with Crippen LogP contribution in [0.25, 0.3) is 0 Å². The predicted molar refractivity (Wildman–Crippen MR) is 71.3 cm³/mol. The Morgan fingerprint density at radius 3 is 2.75 bits per heavy atom. The first-order chi connectivity index (χ1) is 9.29. The Labute approximate surface area is 119 Å². The summed E-state index contributed by atoms with van der Waals surface area (Å²) in [4.78, 5) is 14.6. The van der Waals surface area contributed by atoms with Crippen molar-refractivity contribution in [2.24, 2.45) is 0 Å². The van der Waals surface area contributed by atoms with Crippen LogP contribution in [0, 0.1) is 6.92 Å². The summed E-state index contributed by atoms with van der Waals surface area (Å²) in [6.07, 6.45) is 1.49. The first-order valence-electron chi connectivity index (χ1n) is 5.56. The average Bonchev–Trinajstić information content (AvgIpc) is 2.96. The third-order valence-corrected chi connectivity index (χ3v) is 5.03. The molecule has 0 amide bonds. The molecule has 9 heteroatoms. The van der Waals surface area contributed by atoms with Gasteiger partial charge in [-0.1, -0.05) is 0 Å². The van der Waals surface area contributed by atoms with E-state index in [1.807, 2.05) is 0 Å². The zero-order chi connectivity index (χ0) is 14.9. The fourth-order valence-electron chi connectivity index (χ4n) is 1.50. The van der Waals surface area contributed by atoms with Crippen LogP contribution >= 0.6 is 11.3 Å². The standard InChI is InChI=1S/C11H12N2O5S2/c1-6-4-12-10(18-6)7(2)13-20(16,17)8-3-9(11(14)15)19-5-8/h3-5,7,13H,1-2H3,(H,14,15). The molecule has 20 heavy (non-hydrogen) atoms. The molecule has 2 heterocycles. The quantitative estimate of drug-likeness (QED) is 0.870. The van der Waals surface area contributed by atoms with E-state index in [2.05, 4.69) is 9.71 Å². The summed E-state index contributed by atoms with van der Waals surface area (Å²) in [6.45, 7) is 3.29. The van der Waals surface area contributed by atoms with Crippen LogP contribution in [0.3, 0.4) is 0 Å². The molecule has 2 N–H and O–H groups in total. The van der Waals surface area contributed by atoms with Crippen LogP contribution in [0.15, 0.2) is 27.0 Å². The Morgan fingerprint density at radius 2 is 2.25 bits per heavy atom. The molecule has 2 aromatic rings. The minimum atomic E-state index is -3.81. The normalized spacial score (nSPS) is 13.3. The van der Waals surface area contributed by atoms with Gasteiger partial charge in [0.15, 0.2) is 0 Å². The van der Waals surface area contributed by atoms with Crippen LogP contribution in [0.1, 0.15) is 34.3 Å². The summed E-state index contributed by atoms with van der Waals surface area (Å²) >= 11 is 0.854. The van der Waals surface area contributed by atoms with Gasteiger partial charge in [0.05, 0.1) is 17.1 Å². The fraction of sp³-hybridized carbons (Fsp3) is 0.273. The van der Waals surface area contributed by atoms with Gasteiger partial charge in [0, 0.05) is 5.38 Å². The minimum absolute atomic E-state index is 0.0370. The van der Waals surface area contributed by atoms with Crippen molar-refractivity contribution in [3.63, 3.8) is 0 Å². The van der Waals surface area contributed by atoms with Crippen molar-refractivity contribution in [2.45, 2.75) is 24.8 Å². The zero-order valence-electron chi connectivity index (χ0n) is 10.7. The molecule has 0 aliphatic rings. The van der Waals surface area contributed by atoms with Crippen molar-refractivity contribution in [3.05, 3.63) is 34.2 Å². The number of oxazole rings is 1. The summed E-state index contributed by atoms with van der Waals surface area (Å²) in [7, 11) is -3.81. The zero-order valence-corrected chi connectivity index (χ0v) is 12.3. The lowest BCUT2D eigenvalue weighted by Gasteiger charge is -2.09. The van der Waals surface area contributed by atoms with E-state index >= 15 is 0 Å². The average molecular weight is 316 g/mol. The molecule has 0 saturated carbocycles. The highest BCUT2D eigenvalue weighted by molar-refractivity contribution is 7.89. The summed E-state index contributed by atoms with van der Waals surface area (Å²) in [6, 6.07) is 0.463. The van der Waals surface area contributed by atoms with Crippen LogP contribution in [0.5, 0.6) is 0 Å². The van der Waals surface area contributed by atoms with Crippen molar-refractivity contribution < 1.29 is 22.7 Å². The van der Waals surface area contributed by atoms with Gasteiger partial charge in [-0.25, -0.2) is 18.2 Å². The summed E-state index contributed by atoms with van der Waals surface area (Å²) in [5.41, 5.74) is 0. The maximum absolute atomic E-state index is 12.1. The Balaban J connectivity index is 2.20. The van der Waals surface area contributed by atoms with Crippen molar-refractivity contribution in [1.82, 2.24) is 9.71 Å². The molecular formula is C11H12N2O5S2. The van der Waals surface area contributed by atoms with E-state index in [1.165, 1.54) is 11.6 Å². The van der Waals surface area contributed by atoms with E-state index in [4.69, 9.17) is 9.52 Å². The number of carboxylic acid groups (broad SMARTS) is 1. The molecule has 108 valence electrons. The third kappa shape index (κ3) is 3.06. The molecule has 0 bridgehead atoms. The van der Waals surface area contributed by atoms with Crippen molar-refractivity contribution >= 4 is 27.3 Å². The number of rotatable bonds is 5. The molecule has 0 aliphatic carbocycles. The molecule has 7 nitrogen and oxygen atoms in total. The lowest BCUT2D eigenvalue weighted by molar-refractivity contribution is 0.0702. The highest BCUT2D eigenvalue weighted by Crippen LogP contribution is 2.21. The molecule has 0 radical (unpaired) electrons. The number of sulfonamides is 1. The van der Waals surface area contributed by atoms with E-state index in [9.17, 15) is 13.2 Å². The molecular weight excluding hydrogens is 304 g/mol. The minimum Gasteiger partial charge on any atom is -0.477 e. The van der Waals surface area contributed by atoms with Crippen LogP contribution in [0.4, 0.5) is 0 Å². The monoisotopic (exact) mass is 316 g/mol. The van der Waals surface area contributed by atoms with Gasteiger partial charge in [-0.2, -0.15) is 4.72 Å². The molecule has 0 saturated heterocycles. The van der Waals surface area contributed by atoms with E-state index in [0.29, 0.717) is 5.76 Å². The van der Waals surface area contributed by atoms with Crippen LogP contribution in [-0.4, -0.2) is 24.5 Å². The second-order valence-electron chi connectivity index (χ2n) is 4.10. The molecule has 0 fully saturated rings. The van der Waals surface area contributed by atoms with E-state index in [0.717, 1.165) is 17.4 Å².